The van der Waals surface area contributed by atoms with E-state index in [0.717, 1.165) is 5.69 Å². The normalized spacial score (nSPS) is 10.9. The lowest BCUT2D eigenvalue weighted by atomic mass is 10.2. The lowest BCUT2D eigenvalue weighted by Crippen LogP contribution is -2.36. The van der Waals surface area contributed by atoms with Crippen LogP contribution in [0.3, 0.4) is 0 Å². The Balaban J connectivity index is 2.58. The van der Waals surface area contributed by atoms with Gasteiger partial charge < -0.3 is 4.74 Å². The minimum absolute atomic E-state index is 0.183. The van der Waals surface area contributed by atoms with Crippen LogP contribution in [0.5, 0.6) is 0 Å². The van der Waals surface area contributed by atoms with Gasteiger partial charge in [0.25, 0.3) is 0 Å². The van der Waals surface area contributed by atoms with Crippen LogP contribution < -0.4 is 0 Å². The number of rotatable bonds is 6. The van der Waals surface area contributed by atoms with E-state index in [9.17, 15) is 4.79 Å². The maximum atomic E-state index is 11.5. The van der Waals surface area contributed by atoms with E-state index in [1.807, 2.05) is 30.0 Å². The zero-order chi connectivity index (χ0) is 12.7. The smallest absolute Gasteiger partial charge is 0.320 e. The molecule has 0 aromatic carbocycles. The second-order valence-corrected chi connectivity index (χ2v) is 4.12. The molecule has 1 aromatic rings. The standard InChI is InChI=1S/C13H20N2O2/c1-4-17-13(16)10-15(11(2)3)9-12-7-5-6-8-14-12/h5-8,11H,4,9-10H2,1-3H3. The lowest BCUT2D eigenvalue weighted by molar-refractivity contribution is -0.145. The average Bonchev–Trinajstić information content (AvgIpc) is 2.29. The first kappa shape index (κ1) is 13.6. The average molecular weight is 236 g/mol. The maximum Gasteiger partial charge on any atom is 0.320 e. The molecule has 0 spiro atoms. The molecule has 1 aromatic heterocycles. The Labute approximate surface area is 103 Å². The molecule has 1 rings (SSSR count). The Hall–Kier alpha value is -1.42. The van der Waals surface area contributed by atoms with Gasteiger partial charge in [-0.25, -0.2) is 0 Å². The molecule has 0 atom stereocenters. The van der Waals surface area contributed by atoms with Gasteiger partial charge in [0.2, 0.25) is 0 Å². The predicted molar refractivity (Wildman–Crippen MR) is 66.4 cm³/mol. The van der Waals surface area contributed by atoms with Gasteiger partial charge in [-0.1, -0.05) is 6.07 Å². The second-order valence-electron chi connectivity index (χ2n) is 4.12. The van der Waals surface area contributed by atoms with Crippen LogP contribution >= 0.6 is 0 Å². The number of nitrogens with zero attached hydrogens (tertiary/aromatic N) is 2. The lowest BCUT2D eigenvalue weighted by Gasteiger charge is -2.24. The zero-order valence-corrected chi connectivity index (χ0v) is 10.7. The number of ether oxygens (including phenoxy) is 1. The summed E-state index contributed by atoms with van der Waals surface area (Å²) in [6.07, 6.45) is 1.76. The van der Waals surface area contributed by atoms with Crippen LogP contribution in [-0.2, 0) is 16.1 Å². The van der Waals surface area contributed by atoms with Gasteiger partial charge in [-0.15, -0.1) is 0 Å². The summed E-state index contributed by atoms with van der Waals surface area (Å²) in [6, 6.07) is 6.07. The molecule has 0 unspecified atom stereocenters. The van der Waals surface area contributed by atoms with Crippen molar-refractivity contribution in [3.8, 4) is 0 Å². The topological polar surface area (TPSA) is 42.4 Å². The third-order valence-electron chi connectivity index (χ3n) is 2.46. The third-order valence-corrected chi connectivity index (χ3v) is 2.46. The van der Waals surface area contributed by atoms with Gasteiger partial charge in [-0.3, -0.25) is 14.7 Å². The highest BCUT2D eigenvalue weighted by molar-refractivity contribution is 5.71. The van der Waals surface area contributed by atoms with E-state index >= 15 is 0 Å². The molecule has 4 heteroatoms. The van der Waals surface area contributed by atoms with E-state index in [0.29, 0.717) is 19.7 Å². The van der Waals surface area contributed by atoms with E-state index in [2.05, 4.69) is 18.8 Å². The van der Waals surface area contributed by atoms with Crippen molar-refractivity contribution in [2.75, 3.05) is 13.2 Å². The summed E-state index contributed by atoms with van der Waals surface area (Å²) in [4.78, 5) is 17.8. The van der Waals surface area contributed by atoms with Crippen molar-refractivity contribution in [2.24, 2.45) is 0 Å². The molecule has 0 saturated heterocycles. The molecule has 0 aliphatic heterocycles. The van der Waals surface area contributed by atoms with Crippen LogP contribution in [0.2, 0.25) is 0 Å². The highest BCUT2D eigenvalue weighted by Crippen LogP contribution is 2.05. The summed E-state index contributed by atoms with van der Waals surface area (Å²) in [7, 11) is 0. The van der Waals surface area contributed by atoms with Crippen LogP contribution in [0.1, 0.15) is 26.5 Å². The van der Waals surface area contributed by atoms with E-state index in [1.54, 1.807) is 6.20 Å². The Morgan fingerprint density at radius 2 is 2.24 bits per heavy atom. The summed E-state index contributed by atoms with van der Waals surface area (Å²) >= 11 is 0. The molecule has 0 aliphatic carbocycles. The van der Waals surface area contributed by atoms with Crippen LogP contribution in [0, 0.1) is 0 Å². The summed E-state index contributed by atoms with van der Waals surface area (Å²) in [5.41, 5.74) is 0.963. The third kappa shape index (κ3) is 4.95. The summed E-state index contributed by atoms with van der Waals surface area (Å²) in [5.74, 6) is -0.183. The Bertz CT molecular complexity index is 339. The Morgan fingerprint density at radius 3 is 2.76 bits per heavy atom. The van der Waals surface area contributed by atoms with E-state index in [1.165, 1.54) is 0 Å². The fourth-order valence-corrected chi connectivity index (χ4v) is 1.49. The van der Waals surface area contributed by atoms with Crippen molar-refractivity contribution in [3.63, 3.8) is 0 Å². The first-order valence-electron chi connectivity index (χ1n) is 5.93. The van der Waals surface area contributed by atoms with E-state index in [4.69, 9.17) is 4.74 Å². The van der Waals surface area contributed by atoms with Crippen LogP contribution in [0.25, 0.3) is 0 Å². The van der Waals surface area contributed by atoms with Gasteiger partial charge in [-0.2, -0.15) is 0 Å². The van der Waals surface area contributed by atoms with Crippen LogP contribution in [-0.4, -0.2) is 35.0 Å². The highest BCUT2D eigenvalue weighted by Gasteiger charge is 2.15. The molecular formula is C13H20N2O2. The number of hydrogen-bond donors (Lipinski definition) is 0. The minimum atomic E-state index is -0.183. The maximum absolute atomic E-state index is 11.5. The van der Waals surface area contributed by atoms with Crippen molar-refractivity contribution in [1.82, 2.24) is 9.88 Å². The molecule has 0 bridgehead atoms. The van der Waals surface area contributed by atoms with Crippen LogP contribution in [0.15, 0.2) is 24.4 Å². The number of hydrogen-bond acceptors (Lipinski definition) is 4. The Kier molecular flexibility index (Phi) is 5.63. The first-order chi connectivity index (χ1) is 8.13. The molecule has 1 heterocycles. The molecule has 17 heavy (non-hydrogen) atoms. The predicted octanol–water partition coefficient (Wildman–Crippen LogP) is 1.86. The first-order valence-corrected chi connectivity index (χ1v) is 5.93. The minimum Gasteiger partial charge on any atom is -0.465 e. The molecule has 0 fully saturated rings. The van der Waals surface area contributed by atoms with Gasteiger partial charge in [0.15, 0.2) is 0 Å². The SMILES string of the molecule is CCOC(=O)CN(Cc1ccccn1)C(C)C. The summed E-state index contributed by atoms with van der Waals surface area (Å²) in [5, 5.41) is 0. The van der Waals surface area contributed by atoms with E-state index in [-0.39, 0.29) is 12.0 Å². The summed E-state index contributed by atoms with van der Waals surface area (Å²) < 4.78 is 4.96. The van der Waals surface area contributed by atoms with Gasteiger partial charge in [0.05, 0.1) is 18.8 Å². The summed E-state index contributed by atoms with van der Waals surface area (Å²) in [6.45, 7) is 7.33. The van der Waals surface area contributed by atoms with Crippen LogP contribution in [0.4, 0.5) is 0 Å². The molecule has 94 valence electrons. The van der Waals surface area contributed by atoms with E-state index < -0.39 is 0 Å². The quantitative estimate of drug-likeness (QED) is 0.707. The second kappa shape index (κ2) is 7.01. The Morgan fingerprint density at radius 1 is 1.47 bits per heavy atom. The van der Waals surface area contributed by atoms with Gasteiger partial charge >= 0.3 is 5.97 Å². The highest BCUT2D eigenvalue weighted by atomic mass is 16.5. The molecule has 0 N–H and O–H groups in total. The van der Waals surface area contributed by atoms with Crippen molar-refractivity contribution >= 4 is 5.97 Å². The zero-order valence-electron chi connectivity index (χ0n) is 10.7. The number of esters is 1. The fourth-order valence-electron chi connectivity index (χ4n) is 1.49. The molecule has 0 amide bonds. The molecule has 0 radical (unpaired) electrons. The van der Waals surface area contributed by atoms with Crippen molar-refractivity contribution in [1.29, 1.82) is 0 Å². The van der Waals surface area contributed by atoms with Crippen molar-refractivity contribution in [3.05, 3.63) is 30.1 Å². The number of aromatic nitrogens is 1. The molecule has 0 aliphatic rings. The van der Waals surface area contributed by atoms with Gasteiger partial charge in [-0.05, 0) is 32.9 Å². The van der Waals surface area contributed by atoms with Crippen molar-refractivity contribution in [2.45, 2.75) is 33.4 Å². The van der Waals surface area contributed by atoms with Gasteiger partial charge in [0, 0.05) is 18.8 Å². The number of carbonyl (C=O) groups excluding carboxylic acids is 1. The number of pyridine rings is 1. The fraction of sp³-hybridized carbons (Fsp3) is 0.538. The largest absolute Gasteiger partial charge is 0.465 e. The molecular weight excluding hydrogens is 216 g/mol. The van der Waals surface area contributed by atoms with Crippen molar-refractivity contribution < 1.29 is 9.53 Å². The number of carbonyl (C=O) groups is 1. The monoisotopic (exact) mass is 236 g/mol. The molecule has 0 saturated carbocycles. The molecule has 4 nitrogen and oxygen atoms in total. The van der Waals surface area contributed by atoms with Gasteiger partial charge in [0.1, 0.15) is 0 Å².